The summed E-state index contributed by atoms with van der Waals surface area (Å²) in [5.74, 6) is 2.14. The van der Waals surface area contributed by atoms with Gasteiger partial charge in [0.2, 0.25) is 0 Å². The van der Waals surface area contributed by atoms with E-state index in [4.69, 9.17) is 25.8 Å². The lowest BCUT2D eigenvalue weighted by atomic mass is 10.2. The van der Waals surface area contributed by atoms with Crippen LogP contribution < -0.4 is 19.6 Å². The van der Waals surface area contributed by atoms with Crippen molar-refractivity contribution in [1.82, 2.24) is 5.43 Å². The Morgan fingerprint density at radius 2 is 1.69 bits per heavy atom. The summed E-state index contributed by atoms with van der Waals surface area (Å²) in [5, 5.41) is 5.01. The van der Waals surface area contributed by atoms with Crippen molar-refractivity contribution >= 4 is 17.8 Å². The second kappa shape index (κ2) is 10.4. The van der Waals surface area contributed by atoms with Gasteiger partial charge < -0.3 is 19.6 Å². The van der Waals surface area contributed by atoms with E-state index >= 15 is 0 Å². The van der Waals surface area contributed by atoms with Gasteiger partial charge in [0.15, 0.2) is 11.5 Å². The summed E-state index contributed by atoms with van der Waals surface area (Å²) in [4.78, 5) is 0. The molecule has 0 bridgehead atoms. The van der Waals surface area contributed by atoms with Crippen molar-refractivity contribution in [3.63, 3.8) is 0 Å². The van der Waals surface area contributed by atoms with Crippen LogP contribution in [-0.2, 0) is 13.2 Å². The number of nitrogens with zero attached hydrogens (tertiary/aromatic N) is 1. The number of halogens is 1. The average molecular weight is 411 g/mol. The molecule has 0 heterocycles. The standard InChI is InChI=1S/C23H23ClN2O3/c1-27-22-11-10-17(13-23(22)28-2)14-25-26-15-19-7-3-4-9-21(19)29-16-18-6-5-8-20(24)12-18/h3-13,15,25H,14,16H2,1-2H3/b26-15-. The molecule has 0 saturated carbocycles. The predicted molar refractivity (Wildman–Crippen MR) is 116 cm³/mol. The first-order valence-electron chi connectivity index (χ1n) is 9.12. The number of nitrogens with one attached hydrogen (secondary N) is 1. The van der Waals surface area contributed by atoms with Crippen molar-refractivity contribution in [3.05, 3.63) is 88.4 Å². The number of hydrogen-bond acceptors (Lipinski definition) is 5. The highest BCUT2D eigenvalue weighted by atomic mass is 35.5. The zero-order valence-electron chi connectivity index (χ0n) is 16.4. The maximum atomic E-state index is 6.03. The molecule has 3 aromatic rings. The molecule has 1 N–H and O–H groups in total. The van der Waals surface area contributed by atoms with Crippen LogP contribution >= 0.6 is 11.6 Å². The molecule has 0 aliphatic rings. The lowest BCUT2D eigenvalue weighted by Gasteiger charge is -2.10. The summed E-state index contributed by atoms with van der Waals surface area (Å²) < 4.78 is 16.5. The van der Waals surface area contributed by atoms with E-state index in [-0.39, 0.29) is 0 Å². The Balaban J connectivity index is 1.59. The van der Waals surface area contributed by atoms with Gasteiger partial charge >= 0.3 is 0 Å². The first-order chi connectivity index (χ1) is 14.2. The van der Waals surface area contributed by atoms with Gasteiger partial charge in [0.1, 0.15) is 12.4 Å². The van der Waals surface area contributed by atoms with Crippen LogP contribution in [0.4, 0.5) is 0 Å². The van der Waals surface area contributed by atoms with Crippen LogP contribution in [0.15, 0.2) is 71.8 Å². The predicted octanol–water partition coefficient (Wildman–Crippen LogP) is 5.06. The smallest absolute Gasteiger partial charge is 0.161 e. The topological polar surface area (TPSA) is 52.1 Å². The molecule has 0 saturated heterocycles. The Morgan fingerprint density at radius 1 is 0.862 bits per heavy atom. The molecular weight excluding hydrogens is 388 g/mol. The molecule has 0 aliphatic carbocycles. The SMILES string of the molecule is COc1ccc(CN/N=C\c2ccccc2OCc2cccc(Cl)c2)cc1OC. The number of hydrogen-bond donors (Lipinski definition) is 1. The number of hydrazone groups is 1. The molecule has 150 valence electrons. The van der Waals surface area contributed by atoms with E-state index in [2.05, 4.69) is 10.5 Å². The van der Waals surface area contributed by atoms with Gasteiger partial charge in [0.05, 0.1) is 27.0 Å². The van der Waals surface area contributed by atoms with Crippen LogP contribution in [0.25, 0.3) is 0 Å². The minimum atomic E-state index is 0.435. The quantitative estimate of drug-likeness (QED) is 0.395. The van der Waals surface area contributed by atoms with Gasteiger partial charge in [-0.1, -0.05) is 41.9 Å². The number of benzene rings is 3. The fraction of sp³-hybridized carbons (Fsp3) is 0.174. The maximum Gasteiger partial charge on any atom is 0.161 e. The summed E-state index contributed by atoms with van der Waals surface area (Å²) in [6.45, 7) is 0.993. The van der Waals surface area contributed by atoms with E-state index in [1.807, 2.05) is 66.7 Å². The molecule has 0 atom stereocenters. The zero-order valence-corrected chi connectivity index (χ0v) is 17.1. The largest absolute Gasteiger partial charge is 0.493 e. The Bertz CT molecular complexity index is 976. The minimum absolute atomic E-state index is 0.435. The van der Waals surface area contributed by atoms with Gasteiger partial charge in [0.25, 0.3) is 0 Å². The van der Waals surface area contributed by atoms with Crippen molar-refractivity contribution in [2.75, 3.05) is 14.2 Å². The Morgan fingerprint density at radius 3 is 2.48 bits per heavy atom. The van der Waals surface area contributed by atoms with E-state index in [0.29, 0.717) is 29.7 Å². The van der Waals surface area contributed by atoms with Gasteiger partial charge in [-0.3, -0.25) is 0 Å². The van der Waals surface area contributed by atoms with E-state index in [1.165, 1.54) is 0 Å². The minimum Gasteiger partial charge on any atom is -0.493 e. The van der Waals surface area contributed by atoms with Crippen LogP contribution in [0.5, 0.6) is 17.2 Å². The van der Waals surface area contributed by atoms with Gasteiger partial charge in [-0.2, -0.15) is 5.10 Å². The highest BCUT2D eigenvalue weighted by Gasteiger charge is 2.04. The van der Waals surface area contributed by atoms with Gasteiger partial charge in [0, 0.05) is 10.6 Å². The third-order valence-electron chi connectivity index (χ3n) is 4.23. The molecule has 0 radical (unpaired) electrons. The fourth-order valence-corrected chi connectivity index (χ4v) is 2.96. The third-order valence-corrected chi connectivity index (χ3v) is 4.46. The fourth-order valence-electron chi connectivity index (χ4n) is 2.75. The Kier molecular flexibility index (Phi) is 7.36. The first kappa shape index (κ1) is 20.6. The van der Waals surface area contributed by atoms with Crippen LogP contribution in [0.3, 0.4) is 0 Å². The van der Waals surface area contributed by atoms with Crippen LogP contribution in [0.1, 0.15) is 16.7 Å². The molecule has 0 amide bonds. The molecular formula is C23H23ClN2O3. The average Bonchev–Trinajstić information content (AvgIpc) is 2.75. The van der Waals surface area contributed by atoms with Crippen molar-refractivity contribution in [2.45, 2.75) is 13.2 Å². The van der Waals surface area contributed by atoms with E-state index in [1.54, 1.807) is 20.4 Å². The second-order valence-electron chi connectivity index (χ2n) is 6.24. The van der Waals surface area contributed by atoms with Gasteiger partial charge in [-0.25, -0.2) is 0 Å². The van der Waals surface area contributed by atoms with Gasteiger partial charge in [-0.05, 0) is 47.5 Å². The van der Waals surface area contributed by atoms with E-state index in [9.17, 15) is 0 Å². The van der Waals surface area contributed by atoms with Crippen molar-refractivity contribution in [2.24, 2.45) is 5.10 Å². The summed E-state index contributed by atoms with van der Waals surface area (Å²) in [7, 11) is 3.24. The van der Waals surface area contributed by atoms with Crippen molar-refractivity contribution in [1.29, 1.82) is 0 Å². The molecule has 0 unspecified atom stereocenters. The molecule has 3 aromatic carbocycles. The Hall–Kier alpha value is -3.18. The lowest BCUT2D eigenvalue weighted by molar-refractivity contribution is 0.306. The van der Waals surface area contributed by atoms with E-state index in [0.717, 1.165) is 22.4 Å². The number of para-hydroxylation sites is 1. The van der Waals surface area contributed by atoms with Crippen LogP contribution in [0.2, 0.25) is 5.02 Å². The number of methoxy groups -OCH3 is 2. The molecule has 5 nitrogen and oxygen atoms in total. The lowest BCUT2D eigenvalue weighted by Crippen LogP contribution is -2.06. The van der Waals surface area contributed by atoms with Gasteiger partial charge in [-0.15, -0.1) is 0 Å². The second-order valence-corrected chi connectivity index (χ2v) is 6.68. The molecule has 3 rings (SSSR count). The molecule has 6 heteroatoms. The summed E-state index contributed by atoms with van der Waals surface area (Å²) >= 11 is 6.03. The van der Waals surface area contributed by atoms with Crippen molar-refractivity contribution < 1.29 is 14.2 Å². The molecule has 0 spiro atoms. The first-order valence-corrected chi connectivity index (χ1v) is 9.50. The monoisotopic (exact) mass is 410 g/mol. The molecule has 0 fully saturated rings. The highest BCUT2D eigenvalue weighted by molar-refractivity contribution is 6.30. The maximum absolute atomic E-state index is 6.03. The van der Waals surface area contributed by atoms with Crippen molar-refractivity contribution in [3.8, 4) is 17.2 Å². The summed E-state index contributed by atoms with van der Waals surface area (Å²) in [5.41, 5.74) is 5.97. The Labute approximate surface area is 175 Å². The third kappa shape index (κ3) is 5.90. The van der Waals surface area contributed by atoms with Crippen LogP contribution in [-0.4, -0.2) is 20.4 Å². The normalized spacial score (nSPS) is 10.7. The molecule has 29 heavy (non-hydrogen) atoms. The zero-order chi connectivity index (χ0) is 20.5. The van der Waals surface area contributed by atoms with Crippen LogP contribution in [0, 0.1) is 0 Å². The highest BCUT2D eigenvalue weighted by Crippen LogP contribution is 2.27. The summed E-state index contributed by atoms with van der Waals surface area (Å²) in [6, 6.07) is 21.1. The number of rotatable bonds is 9. The molecule has 0 aromatic heterocycles. The molecule has 0 aliphatic heterocycles. The number of ether oxygens (including phenoxy) is 3. The summed E-state index contributed by atoms with van der Waals surface area (Å²) in [6.07, 6.45) is 1.74. The van der Waals surface area contributed by atoms with E-state index < -0.39 is 0 Å².